The Kier molecular flexibility index (Phi) is 18.0. The van der Waals surface area contributed by atoms with Gasteiger partial charge >= 0.3 is 0 Å². The highest BCUT2D eigenvalue weighted by atomic mass is 16.3. The van der Waals surface area contributed by atoms with Crippen molar-refractivity contribution < 1.29 is 24.6 Å². The Morgan fingerprint density at radius 2 is 1.67 bits per heavy atom. The number of benzene rings is 1. The number of nitrogens with zero attached hydrogens (tertiary/aromatic N) is 1. The molecule has 0 radical (unpaired) electrons. The number of aliphatic hydroxyl groups is 2. The fraction of sp³-hybridized carbons (Fsp3) is 0.703. The highest BCUT2D eigenvalue weighted by Crippen LogP contribution is 2.29. The Labute approximate surface area is 277 Å². The van der Waals surface area contributed by atoms with Crippen molar-refractivity contribution in [1.29, 1.82) is 0 Å². The van der Waals surface area contributed by atoms with Crippen LogP contribution in [0.25, 0.3) is 0 Å². The van der Waals surface area contributed by atoms with E-state index in [0.29, 0.717) is 44.3 Å². The third kappa shape index (κ3) is 14.7. The molecule has 9 heteroatoms. The van der Waals surface area contributed by atoms with Gasteiger partial charge in [-0.05, 0) is 43.1 Å². The first kappa shape index (κ1) is 39.2. The zero-order chi connectivity index (χ0) is 34.1. The largest absolute Gasteiger partial charge is 0.390 e. The van der Waals surface area contributed by atoms with Crippen LogP contribution in [0.3, 0.4) is 0 Å². The van der Waals surface area contributed by atoms with Crippen LogP contribution < -0.4 is 16.0 Å². The summed E-state index contributed by atoms with van der Waals surface area (Å²) in [6.45, 7) is 9.20. The number of amides is 3. The zero-order valence-electron chi connectivity index (χ0n) is 28.8. The van der Waals surface area contributed by atoms with Gasteiger partial charge in [0.15, 0.2) is 0 Å². The zero-order valence-corrected chi connectivity index (χ0v) is 28.8. The fourth-order valence-electron chi connectivity index (χ4n) is 6.19. The van der Waals surface area contributed by atoms with Crippen LogP contribution in [-0.2, 0) is 20.8 Å². The fourth-order valence-corrected chi connectivity index (χ4v) is 6.19. The van der Waals surface area contributed by atoms with Crippen molar-refractivity contribution in [3.63, 3.8) is 0 Å². The van der Waals surface area contributed by atoms with E-state index in [2.05, 4.69) is 21.9 Å². The minimum Gasteiger partial charge on any atom is -0.390 e. The van der Waals surface area contributed by atoms with Gasteiger partial charge in [0.2, 0.25) is 17.7 Å². The van der Waals surface area contributed by atoms with Crippen molar-refractivity contribution >= 4 is 17.7 Å². The normalized spacial score (nSPS) is 17.0. The lowest BCUT2D eigenvalue weighted by Gasteiger charge is -2.34. The van der Waals surface area contributed by atoms with Crippen molar-refractivity contribution in [2.75, 3.05) is 20.1 Å². The Balaban J connectivity index is 2.23. The van der Waals surface area contributed by atoms with E-state index in [1.165, 1.54) is 6.42 Å². The Hall–Kier alpha value is -2.93. The average Bonchev–Trinajstić information content (AvgIpc) is 3.02. The highest BCUT2D eigenvalue weighted by Gasteiger charge is 2.34. The molecule has 0 saturated heterocycles. The molecule has 5 N–H and O–H groups in total. The quantitative estimate of drug-likeness (QED) is 0.138. The lowest BCUT2D eigenvalue weighted by Crippen LogP contribution is -2.56. The topological polar surface area (TPSA) is 131 Å². The summed E-state index contributed by atoms with van der Waals surface area (Å²) >= 11 is 0. The second-order valence-corrected chi connectivity index (χ2v) is 13.9. The van der Waals surface area contributed by atoms with Crippen molar-refractivity contribution in [2.45, 2.75) is 129 Å². The summed E-state index contributed by atoms with van der Waals surface area (Å²) in [5.41, 5.74) is 0.916. The van der Waals surface area contributed by atoms with Crippen molar-refractivity contribution in [3.8, 4) is 12.3 Å². The molecule has 1 aromatic rings. The molecule has 3 amide bonds. The van der Waals surface area contributed by atoms with Crippen LogP contribution >= 0.6 is 0 Å². The molecule has 0 aromatic heterocycles. The SMILES string of the molecule is C#CCC[C@H](NC(=O)C(CC(=O)N(C)CCNC(C)C)Cc1ccccc1)C(=O)NC(CC1CCCCC1)[C@@H](O)C(O)CC(C)C. The number of hydrogen-bond acceptors (Lipinski definition) is 6. The van der Waals surface area contributed by atoms with E-state index < -0.39 is 42.0 Å². The lowest BCUT2D eigenvalue weighted by atomic mass is 9.82. The number of terminal acetylenes is 1. The van der Waals surface area contributed by atoms with Gasteiger partial charge in [-0.3, -0.25) is 14.4 Å². The predicted molar refractivity (Wildman–Crippen MR) is 184 cm³/mol. The number of carbonyl (C=O) groups is 3. The molecule has 258 valence electrons. The number of rotatable bonds is 20. The molecule has 0 spiro atoms. The van der Waals surface area contributed by atoms with Crippen LogP contribution in [0.5, 0.6) is 0 Å². The van der Waals surface area contributed by atoms with Crippen LogP contribution in [0, 0.1) is 30.1 Å². The molecule has 1 fully saturated rings. The monoisotopic (exact) mass is 640 g/mol. The van der Waals surface area contributed by atoms with E-state index in [1.807, 2.05) is 58.0 Å². The van der Waals surface area contributed by atoms with Gasteiger partial charge in [-0.25, -0.2) is 0 Å². The molecule has 3 unspecified atom stereocenters. The third-order valence-corrected chi connectivity index (χ3v) is 8.91. The summed E-state index contributed by atoms with van der Waals surface area (Å²) in [5, 5.41) is 31.2. The molecule has 5 atom stereocenters. The van der Waals surface area contributed by atoms with E-state index >= 15 is 0 Å². The number of carbonyl (C=O) groups excluding carboxylic acids is 3. The van der Waals surface area contributed by atoms with E-state index in [0.717, 1.165) is 31.2 Å². The highest BCUT2D eigenvalue weighted by molar-refractivity contribution is 5.91. The van der Waals surface area contributed by atoms with Crippen molar-refractivity contribution in [2.24, 2.45) is 17.8 Å². The van der Waals surface area contributed by atoms with Crippen LogP contribution in [-0.4, -0.2) is 83.3 Å². The first-order chi connectivity index (χ1) is 21.9. The maximum Gasteiger partial charge on any atom is 0.242 e. The molecule has 0 bridgehead atoms. The van der Waals surface area contributed by atoms with Gasteiger partial charge < -0.3 is 31.1 Å². The molecule has 1 aromatic carbocycles. The van der Waals surface area contributed by atoms with Gasteiger partial charge in [-0.15, -0.1) is 12.3 Å². The maximum absolute atomic E-state index is 13.8. The molecule has 46 heavy (non-hydrogen) atoms. The molecule has 1 aliphatic rings. The van der Waals surface area contributed by atoms with Crippen molar-refractivity contribution in [1.82, 2.24) is 20.9 Å². The molecule has 2 rings (SSSR count). The second-order valence-electron chi connectivity index (χ2n) is 13.9. The number of likely N-dealkylation sites (N-methyl/N-ethyl adjacent to an activating group) is 1. The van der Waals surface area contributed by atoms with E-state index in [9.17, 15) is 24.6 Å². The third-order valence-electron chi connectivity index (χ3n) is 8.91. The summed E-state index contributed by atoms with van der Waals surface area (Å²) in [4.78, 5) is 42.5. The number of nitrogens with one attached hydrogen (secondary N) is 3. The number of aliphatic hydroxyl groups excluding tert-OH is 2. The molecule has 1 aliphatic carbocycles. The van der Waals surface area contributed by atoms with Gasteiger partial charge in [0.25, 0.3) is 0 Å². The Bertz CT molecular complexity index is 1080. The molecular formula is C37H60N4O5. The average molecular weight is 641 g/mol. The molecular weight excluding hydrogens is 580 g/mol. The van der Waals surface area contributed by atoms with E-state index in [-0.39, 0.29) is 31.1 Å². The molecule has 0 heterocycles. The first-order valence-corrected chi connectivity index (χ1v) is 17.3. The van der Waals surface area contributed by atoms with Gasteiger partial charge in [0.1, 0.15) is 12.1 Å². The van der Waals surface area contributed by atoms with Gasteiger partial charge in [0.05, 0.1) is 18.1 Å². The number of hydrogen-bond donors (Lipinski definition) is 5. The minimum atomic E-state index is -1.14. The van der Waals surface area contributed by atoms with Gasteiger partial charge in [0, 0.05) is 39.0 Å². The van der Waals surface area contributed by atoms with Crippen LogP contribution in [0.2, 0.25) is 0 Å². The Morgan fingerprint density at radius 1 is 1.00 bits per heavy atom. The standard InChI is InChI=1S/C37H60N4O5/c1-7-8-19-31(37(46)40-32(24-29-17-13-10-14-18-29)35(44)33(42)22-26(2)3)39-36(45)30(23-28-15-11-9-12-16-28)25-34(43)41(6)21-20-38-27(4)5/h1,9,11-12,15-16,26-27,29-33,35,38,42,44H,8,10,13-14,17-25H2,2-6H3,(H,39,45)(H,40,46)/t30?,31-,32?,33?,35+/m0/s1. The summed E-state index contributed by atoms with van der Waals surface area (Å²) in [5.74, 6) is 1.39. The Morgan fingerprint density at radius 3 is 2.28 bits per heavy atom. The second kappa shape index (κ2) is 21.0. The predicted octanol–water partition coefficient (Wildman–Crippen LogP) is 3.81. The van der Waals surface area contributed by atoms with Crippen LogP contribution in [0.4, 0.5) is 0 Å². The maximum atomic E-state index is 13.8. The van der Waals surface area contributed by atoms with Crippen molar-refractivity contribution in [3.05, 3.63) is 35.9 Å². The summed E-state index contributed by atoms with van der Waals surface area (Å²) in [6.07, 6.45) is 10.7. The van der Waals surface area contributed by atoms with Crippen LogP contribution in [0.1, 0.15) is 97.5 Å². The summed E-state index contributed by atoms with van der Waals surface area (Å²) in [6, 6.07) is 8.21. The van der Waals surface area contributed by atoms with Gasteiger partial charge in [-0.2, -0.15) is 0 Å². The molecule has 1 saturated carbocycles. The summed E-state index contributed by atoms with van der Waals surface area (Å²) in [7, 11) is 1.73. The lowest BCUT2D eigenvalue weighted by molar-refractivity contribution is -0.137. The summed E-state index contributed by atoms with van der Waals surface area (Å²) < 4.78 is 0. The minimum absolute atomic E-state index is 0.00715. The molecule has 9 nitrogen and oxygen atoms in total. The first-order valence-electron chi connectivity index (χ1n) is 17.3. The van der Waals surface area contributed by atoms with Gasteiger partial charge in [-0.1, -0.05) is 90.1 Å². The van der Waals surface area contributed by atoms with E-state index in [4.69, 9.17) is 6.42 Å². The van der Waals surface area contributed by atoms with E-state index in [1.54, 1.807) is 11.9 Å². The smallest absolute Gasteiger partial charge is 0.242 e. The molecule has 0 aliphatic heterocycles. The van der Waals surface area contributed by atoms with Crippen LogP contribution in [0.15, 0.2) is 30.3 Å².